The molecule has 0 radical (unpaired) electrons. The van der Waals surface area contributed by atoms with Gasteiger partial charge in [0.2, 0.25) is 0 Å². The number of nitrogens with zero attached hydrogens (tertiary/aromatic N) is 1. The smallest absolute Gasteiger partial charge is 0.349 e. The molecule has 0 atom stereocenters. The Kier molecular flexibility index (Phi) is 6.06. The van der Waals surface area contributed by atoms with Gasteiger partial charge in [-0.3, -0.25) is 0 Å². The van der Waals surface area contributed by atoms with Gasteiger partial charge in [-0.2, -0.15) is 0 Å². The molecule has 0 bridgehead atoms. The summed E-state index contributed by atoms with van der Waals surface area (Å²) in [5.41, 5.74) is 2.37. The van der Waals surface area contributed by atoms with Crippen LogP contribution in [0, 0.1) is 6.92 Å². The van der Waals surface area contributed by atoms with E-state index in [1.165, 1.54) is 7.11 Å². The molecule has 0 aliphatic carbocycles. The maximum atomic E-state index is 12.4. The first-order valence-corrected chi connectivity index (χ1v) is 9.72. The number of benzene rings is 2. The van der Waals surface area contributed by atoms with Crippen LogP contribution in [0.15, 0.2) is 48.5 Å². The van der Waals surface area contributed by atoms with Crippen LogP contribution in [0.3, 0.4) is 0 Å². The molecule has 2 aromatic carbocycles. The van der Waals surface area contributed by atoms with E-state index in [9.17, 15) is 9.59 Å². The minimum atomic E-state index is -1.12. The number of methoxy groups -OCH3 is 1. The third-order valence-electron chi connectivity index (χ3n) is 4.72. The van der Waals surface area contributed by atoms with E-state index >= 15 is 0 Å². The molecule has 0 unspecified atom stereocenters. The molecule has 6 nitrogen and oxygen atoms in total. The van der Waals surface area contributed by atoms with E-state index in [4.69, 9.17) is 19.2 Å². The number of carbonyl (C=O) groups is 2. The summed E-state index contributed by atoms with van der Waals surface area (Å²) in [6.07, 6.45) is 0. The third-order valence-corrected chi connectivity index (χ3v) is 4.72. The lowest BCUT2D eigenvalue weighted by Gasteiger charge is -2.24. The lowest BCUT2D eigenvalue weighted by Crippen LogP contribution is -2.39. The Labute approximate surface area is 175 Å². The number of para-hydroxylation sites is 1. The molecule has 0 aliphatic heterocycles. The highest BCUT2D eigenvalue weighted by Gasteiger charge is 2.31. The molecule has 0 fully saturated rings. The number of hydrogen-bond donors (Lipinski definition) is 0. The van der Waals surface area contributed by atoms with Gasteiger partial charge in [0.05, 0.1) is 30.5 Å². The largest absolute Gasteiger partial charge is 0.476 e. The van der Waals surface area contributed by atoms with Crippen LogP contribution in [-0.2, 0) is 14.3 Å². The summed E-state index contributed by atoms with van der Waals surface area (Å²) >= 11 is 0. The van der Waals surface area contributed by atoms with Gasteiger partial charge in [0.1, 0.15) is 5.75 Å². The van der Waals surface area contributed by atoms with Gasteiger partial charge in [0.15, 0.2) is 5.60 Å². The van der Waals surface area contributed by atoms with Crippen molar-refractivity contribution in [3.05, 3.63) is 59.7 Å². The molecule has 0 saturated carbocycles. The van der Waals surface area contributed by atoms with E-state index < -0.39 is 17.5 Å². The predicted octanol–water partition coefficient (Wildman–Crippen LogP) is 4.72. The lowest BCUT2D eigenvalue weighted by molar-refractivity contribution is -0.158. The SMILES string of the molecule is CCOC(=O)C(C)(C)Oc1ccc(-c2nc3c(C)cccc3cc2C(=O)OC)cc1. The third kappa shape index (κ3) is 4.27. The molecule has 156 valence electrons. The number of carbonyl (C=O) groups excluding carboxylic acids is 2. The van der Waals surface area contributed by atoms with Crippen LogP contribution in [-0.4, -0.2) is 36.2 Å². The van der Waals surface area contributed by atoms with Crippen molar-refractivity contribution in [2.75, 3.05) is 13.7 Å². The molecular weight excluding hydrogens is 382 g/mol. The van der Waals surface area contributed by atoms with E-state index in [1.54, 1.807) is 51.1 Å². The molecule has 1 aromatic heterocycles. The summed E-state index contributed by atoms with van der Waals surface area (Å²) in [5.74, 6) is -0.383. The van der Waals surface area contributed by atoms with Crippen molar-refractivity contribution in [2.24, 2.45) is 0 Å². The zero-order chi connectivity index (χ0) is 21.9. The number of fused-ring (bicyclic) bond motifs is 1. The predicted molar refractivity (Wildman–Crippen MR) is 115 cm³/mol. The number of esters is 2. The first kappa shape index (κ1) is 21.3. The Morgan fingerprint density at radius 3 is 2.40 bits per heavy atom. The molecule has 0 spiro atoms. The van der Waals surface area contributed by atoms with Gasteiger partial charge in [0, 0.05) is 10.9 Å². The summed E-state index contributed by atoms with van der Waals surface area (Å²) < 4.78 is 15.8. The van der Waals surface area contributed by atoms with Gasteiger partial charge in [-0.05, 0) is 63.6 Å². The number of ether oxygens (including phenoxy) is 3. The number of rotatable bonds is 6. The fraction of sp³-hybridized carbons (Fsp3) is 0.292. The van der Waals surface area contributed by atoms with Gasteiger partial charge in [-0.25, -0.2) is 14.6 Å². The maximum absolute atomic E-state index is 12.4. The van der Waals surface area contributed by atoms with Crippen molar-refractivity contribution in [2.45, 2.75) is 33.3 Å². The molecule has 3 rings (SSSR count). The second kappa shape index (κ2) is 8.53. The number of pyridine rings is 1. The molecule has 30 heavy (non-hydrogen) atoms. The maximum Gasteiger partial charge on any atom is 0.349 e. The zero-order valence-corrected chi connectivity index (χ0v) is 17.8. The first-order chi connectivity index (χ1) is 14.3. The van der Waals surface area contributed by atoms with Gasteiger partial charge in [-0.1, -0.05) is 18.2 Å². The van der Waals surface area contributed by atoms with Gasteiger partial charge < -0.3 is 14.2 Å². The highest BCUT2D eigenvalue weighted by Crippen LogP contribution is 2.30. The second-order valence-electron chi connectivity index (χ2n) is 7.38. The van der Waals surface area contributed by atoms with Crippen LogP contribution < -0.4 is 4.74 Å². The Morgan fingerprint density at radius 2 is 1.77 bits per heavy atom. The van der Waals surface area contributed by atoms with Crippen LogP contribution in [0.1, 0.15) is 36.7 Å². The van der Waals surface area contributed by atoms with Gasteiger partial charge in [0.25, 0.3) is 0 Å². The first-order valence-electron chi connectivity index (χ1n) is 9.72. The van der Waals surface area contributed by atoms with Crippen LogP contribution in [0.5, 0.6) is 5.75 Å². The Bertz CT molecular complexity index is 1090. The molecule has 6 heteroatoms. The summed E-state index contributed by atoms with van der Waals surface area (Å²) in [7, 11) is 1.35. The average Bonchev–Trinajstić information content (AvgIpc) is 2.73. The average molecular weight is 407 g/mol. The summed E-state index contributed by atoms with van der Waals surface area (Å²) in [6.45, 7) is 7.32. The van der Waals surface area contributed by atoms with E-state index in [0.29, 0.717) is 17.0 Å². The number of aryl methyl sites for hydroxylation is 1. The van der Waals surface area contributed by atoms with E-state index in [2.05, 4.69) is 0 Å². The molecule has 0 amide bonds. The molecule has 0 aliphatic rings. The van der Waals surface area contributed by atoms with Crippen LogP contribution in [0.25, 0.3) is 22.2 Å². The molecule has 1 heterocycles. The van der Waals surface area contributed by atoms with Crippen molar-refractivity contribution in [3.63, 3.8) is 0 Å². The molecule has 0 saturated heterocycles. The second-order valence-corrected chi connectivity index (χ2v) is 7.38. The summed E-state index contributed by atoms with van der Waals surface area (Å²) in [4.78, 5) is 29.2. The topological polar surface area (TPSA) is 74.7 Å². The van der Waals surface area contributed by atoms with Crippen LogP contribution in [0.4, 0.5) is 0 Å². The molecule has 3 aromatic rings. The Hall–Kier alpha value is -3.41. The minimum absolute atomic E-state index is 0.286. The van der Waals surface area contributed by atoms with Gasteiger partial charge >= 0.3 is 11.9 Å². The Morgan fingerprint density at radius 1 is 1.07 bits per heavy atom. The highest BCUT2D eigenvalue weighted by molar-refractivity contribution is 6.00. The Balaban J connectivity index is 2.00. The normalized spacial score (nSPS) is 11.2. The number of hydrogen-bond acceptors (Lipinski definition) is 6. The number of aromatic nitrogens is 1. The lowest BCUT2D eigenvalue weighted by atomic mass is 10.0. The monoisotopic (exact) mass is 407 g/mol. The van der Waals surface area contributed by atoms with Gasteiger partial charge in [-0.15, -0.1) is 0 Å². The highest BCUT2D eigenvalue weighted by atomic mass is 16.6. The van der Waals surface area contributed by atoms with Crippen molar-refractivity contribution < 1.29 is 23.8 Å². The molecular formula is C24H25NO5. The van der Waals surface area contributed by atoms with Crippen molar-refractivity contribution in [1.82, 2.24) is 4.98 Å². The van der Waals surface area contributed by atoms with Crippen LogP contribution >= 0.6 is 0 Å². The summed E-state index contributed by atoms with van der Waals surface area (Å²) in [6, 6.07) is 14.7. The van der Waals surface area contributed by atoms with E-state index in [0.717, 1.165) is 22.0 Å². The van der Waals surface area contributed by atoms with Crippen molar-refractivity contribution in [1.29, 1.82) is 0 Å². The standard InChI is InChI=1S/C24H25NO5/c1-6-29-23(27)24(3,4)30-18-12-10-16(11-13-18)21-19(22(26)28-5)14-17-9-7-8-15(2)20(17)25-21/h7-14H,6H2,1-5H3. The van der Waals surface area contributed by atoms with E-state index in [-0.39, 0.29) is 6.61 Å². The fourth-order valence-corrected chi connectivity index (χ4v) is 3.15. The fourth-order valence-electron chi connectivity index (χ4n) is 3.15. The van der Waals surface area contributed by atoms with Crippen LogP contribution in [0.2, 0.25) is 0 Å². The van der Waals surface area contributed by atoms with Crippen molar-refractivity contribution in [3.8, 4) is 17.0 Å². The molecule has 0 N–H and O–H groups in total. The van der Waals surface area contributed by atoms with Crippen molar-refractivity contribution >= 4 is 22.8 Å². The summed E-state index contributed by atoms with van der Waals surface area (Å²) in [5, 5.41) is 0.871. The zero-order valence-electron chi connectivity index (χ0n) is 17.8. The van der Waals surface area contributed by atoms with E-state index in [1.807, 2.05) is 25.1 Å². The minimum Gasteiger partial charge on any atom is -0.476 e. The quantitative estimate of drug-likeness (QED) is 0.551.